The van der Waals surface area contributed by atoms with Gasteiger partial charge in [-0.15, -0.1) is 0 Å². The van der Waals surface area contributed by atoms with Gasteiger partial charge in [-0.05, 0) is 48.5 Å². The SMILES string of the molecule is N.[Br-].c1ccc([P+](c2ccccc2)(c2ccccc2)c2ccccc2)cc1. The minimum atomic E-state index is -1.91. The van der Waals surface area contributed by atoms with Crippen LogP contribution < -0.4 is 44.4 Å². The van der Waals surface area contributed by atoms with E-state index < -0.39 is 7.26 Å². The Labute approximate surface area is 172 Å². The maximum Gasteiger partial charge on any atom is 0.144 e. The third kappa shape index (κ3) is 3.89. The van der Waals surface area contributed by atoms with Crippen LogP contribution in [0.3, 0.4) is 0 Å². The van der Waals surface area contributed by atoms with Crippen molar-refractivity contribution in [1.82, 2.24) is 6.15 Å². The highest BCUT2D eigenvalue weighted by molar-refractivity contribution is 8.01. The fourth-order valence-electron chi connectivity index (χ4n) is 3.50. The molecule has 4 rings (SSSR count). The molecule has 0 fully saturated rings. The third-order valence-electron chi connectivity index (χ3n) is 4.57. The van der Waals surface area contributed by atoms with Crippen LogP contribution in [0.2, 0.25) is 0 Å². The molecule has 0 saturated heterocycles. The number of hydrogen-bond acceptors (Lipinski definition) is 1. The van der Waals surface area contributed by atoms with Gasteiger partial charge in [0, 0.05) is 0 Å². The van der Waals surface area contributed by atoms with Crippen LogP contribution >= 0.6 is 7.26 Å². The standard InChI is InChI=1S/C24H20P.BrH.H3N/c1-5-13-21(14-6-1)25(22-15-7-2-8-16-22,23-17-9-3-10-18-23)24-19-11-4-12-20-24;;/h1-20H;1H;1H3/q+1;;/p-1. The topological polar surface area (TPSA) is 35.0 Å². The first-order chi connectivity index (χ1) is 12.4. The Bertz CT molecular complexity index is 765. The van der Waals surface area contributed by atoms with Gasteiger partial charge >= 0.3 is 0 Å². The van der Waals surface area contributed by atoms with Crippen LogP contribution in [0.5, 0.6) is 0 Å². The van der Waals surface area contributed by atoms with Crippen LogP contribution in [0.15, 0.2) is 121 Å². The van der Waals surface area contributed by atoms with Gasteiger partial charge in [0.1, 0.15) is 28.5 Å². The highest BCUT2D eigenvalue weighted by Crippen LogP contribution is 2.53. The quantitative estimate of drug-likeness (QED) is 0.484. The molecule has 27 heavy (non-hydrogen) atoms. The summed E-state index contributed by atoms with van der Waals surface area (Å²) in [5.74, 6) is 0. The summed E-state index contributed by atoms with van der Waals surface area (Å²) in [5, 5.41) is 5.55. The summed E-state index contributed by atoms with van der Waals surface area (Å²) >= 11 is 0. The molecule has 0 aromatic heterocycles. The van der Waals surface area contributed by atoms with Gasteiger partial charge in [0.25, 0.3) is 0 Å². The van der Waals surface area contributed by atoms with Gasteiger partial charge in [-0.25, -0.2) is 0 Å². The average Bonchev–Trinajstić information content (AvgIpc) is 2.72. The van der Waals surface area contributed by atoms with Gasteiger partial charge in [0.2, 0.25) is 0 Å². The molecule has 0 aliphatic carbocycles. The zero-order valence-electron chi connectivity index (χ0n) is 15.1. The van der Waals surface area contributed by atoms with Crippen molar-refractivity contribution in [3.8, 4) is 0 Å². The smallest absolute Gasteiger partial charge is 0.144 e. The van der Waals surface area contributed by atoms with Gasteiger partial charge in [0.05, 0.1) is 0 Å². The lowest BCUT2D eigenvalue weighted by Gasteiger charge is -2.27. The first-order valence-electron chi connectivity index (χ1n) is 8.54. The van der Waals surface area contributed by atoms with Crippen molar-refractivity contribution in [2.75, 3.05) is 0 Å². The minimum absolute atomic E-state index is 0. The molecule has 1 nitrogen and oxygen atoms in total. The third-order valence-corrected chi connectivity index (χ3v) is 8.86. The van der Waals surface area contributed by atoms with Crippen LogP contribution in [0, 0.1) is 0 Å². The Hall–Kier alpha value is -2.25. The zero-order valence-corrected chi connectivity index (χ0v) is 17.6. The monoisotopic (exact) mass is 435 g/mol. The molecule has 0 unspecified atom stereocenters. The molecule has 0 atom stereocenters. The predicted octanol–water partition coefficient (Wildman–Crippen LogP) is 1.47. The number of halogens is 1. The van der Waals surface area contributed by atoms with E-state index in [1.54, 1.807) is 0 Å². The molecule has 0 aliphatic heterocycles. The minimum Gasteiger partial charge on any atom is -1.00 e. The highest BCUT2D eigenvalue weighted by Gasteiger charge is 2.47. The van der Waals surface area contributed by atoms with Crippen LogP contribution in [-0.4, -0.2) is 0 Å². The number of rotatable bonds is 4. The molecule has 0 radical (unpaired) electrons. The molecule has 4 aromatic carbocycles. The van der Waals surface area contributed by atoms with Crippen LogP contribution in [0.1, 0.15) is 0 Å². The Kier molecular flexibility index (Phi) is 7.50. The van der Waals surface area contributed by atoms with Gasteiger partial charge in [-0.3, -0.25) is 0 Å². The summed E-state index contributed by atoms with van der Waals surface area (Å²) in [7, 11) is -1.91. The van der Waals surface area contributed by atoms with Crippen molar-refractivity contribution in [2.45, 2.75) is 0 Å². The molecular weight excluding hydrogens is 413 g/mol. The molecule has 0 spiro atoms. The van der Waals surface area contributed by atoms with Crippen molar-refractivity contribution < 1.29 is 17.0 Å². The van der Waals surface area contributed by atoms with E-state index in [1.807, 2.05) is 0 Å². The highest BCUT2D eigenvalue weighted by atomic mass is 79.9. The van der Waals surface area contributed by atoms with E-state index in [2.05, 4.69) is 121 Å². The van der Waals surface area contributed by atoms with Crippen molar-refractivity contribution in [3.05, 3.63) is 121 Å². The van der Waals surface area contributed by atoms with Gasteiger partial charge in [-0.2, -0.15) is 0 Å². The van der Waals surface area contributed by atoms with E-state index in [9.17, 15) is 0 Å². The van der Waals surface area contributed by atoms with E-state index in [-0.39, 0.29) is 23.1 Å². The summed E-state index contributed by atoms with van der Waals surface area (Å²) in [4.78, 5) is 0. The summed E-state index contributed by atoms with van der Waals surface area (Å²) in [6.45, 7) is 0. The van der Waals surface area contributed by atoms with Crippen molar-refractivity contribution in [2.24, 2.45) is 0 Å². The van der Waals surface area contributed by atoms with Crippen LogP contribution in [0.25, 0.3) is 0 Å². The first-order valence-corrected chi connectivity index (χ1v) is 10.3. The van der Waals surface area contributed by atoms with E-state index in [0.717, 1.165) is 0 Å². The van der Waals surface area contributed by atoms with E-state index in [4.69, 9.17) is 0 Å². The Morgan fingerprint density at radius 1 is 0.333 bits per heavy atom. The van der Waals surface area contributed by atoms with Crippen molar-refractivity contribution in [1.29, 1.82) is 0 Å². The summed E-state index contributed by atoms with van der Waals surface area (Å²) < 4.78 is 0. The lowest BCUT2D eigenvalue weighted by Crippen LogP contribution is -3.00. The second-order valence-electron chi connectivity index (χ2n) is 6.01. The van der Waals surface area contributed by atoms with Gasteiger partial charge in [0.15, 0.2) is 0 Å². The molecule has 0 saturated carbocycles. The van der Waals surface area contributed by atoms with Gasteiger partial charge in [-0.1, -0.05) is 72.8 Å². The number of hydrogen-bond donors (Lipinski definition) is 1. The molecular formula is C24H23BrNP. The zero-order chi connectivity index (χ0) is 17.0. The average molecular weight is 436 g/mol. The second-order valence-corrected chi connectivity index (χ2v) is 9.42. The normalized spacial score (nSPS) is 10.4. The molecule has 0 amide bonds. The Balaban J connectivity index is 0.00000131. The second kappa shape index (κ2) is 9.62. The van der Waals surface area contributed by atoms with Crippen LogP contribution in [0.4, 0.5) is 0 Å². The maximum absolute atomic E-state index is 2.28. The van der Waals surface area contributed by atoms with E-state index in [0.29, 0.717) is 0 Å². The summed E-state index contributed by atoms with van der Waals surface area (Å²) in [6.07, 6.45) is 0. The largest absolute Gasteiger partial charge is 1.00 e. The molecule has 4 aromatic rings. The number of benzene rings is 4. The predicted molar refractivity (Wildman–Crippen MR) is 116 cm³/mol. The van der Waals surface area contributed by atoms with Crippen LogP contribution in [-0.2, 0) is 0 Å². The molecule has 0 bridgehead atoms. The maximum atomic E-state index is 2.28. The lowest BCUT2D eigenvalue weighted by atomic mass is 10.3. The molecule has 0 aliphatic rings. The van der Waals surface area contributed by atoms with Gasteiger partial charge < -0.3 is 23.1 Å². The molecule has 3 heteroatoms. The Morgan fingerprint density at radius 3 is 0.704 bits per heavy atom. The molecule has 0 heterocycles. The molecule has 3 N–H and O–H groups in total. The fraction of sp³-hybridized carbons (Fsp3) is 0. The van der Waals surface area contributed by atoms with E-state index in [1.165, 1.54) is 21.2 Å². The lowest BCUT2D eigenvalue weighted by molar-refractivity contribution is -0.00000519. The van der Waals surface area contributed by atoms with E-state index >= 15 is 0 Å². The summed E-state index contributed by atoms with van der Waals surface area (Å²) in [5.41, 5.74) is 0. The Morgan fingerprint density at radius 2 is 0.519 bits per heavy atom. The first kappa shape index (κ1) is 21.1. The van der Waals surface area contributed by atoms with Crippen molar-refractivity contribution >= 4 is 28.5 Å². The summed E-state index contributed by atoms with van der Waals surface area (Å²) in [6, 6.07) is 43.8. The van der Waals surface area contributed by atoms with Crippen molar-refractivity contribution in [3.63, 3.8) is 0 Å². The fourth-order valence-corrected chi connectivity index (χ4v) is 7.77. The molecule has 136 valence electrons.